The van der Waals surface area contributed by atoms with Crippen LogP contribution >= 0.6 is 0 Å². The van der Waals surface area contributed by atoms with Gasteiger partial charge in [0.05, 0.1) is 13.0 Å². The van der Waals surface area contributed by atoms with Gasteiger partial charge in [-0.25, -0.2) is 4.98 Å². The molecule has 0 saturated carbocycles. The predicted molar refractivity (Wildman–Crippen MR) is 111 cm³/mol. The zero-order valence-electron chi connectivity index (χ0n) is 16.8. The smallest absolute Gasteiger partial charge is 0.305 e. The van der Waals surface area contributed by atoms with E-state index in [0.29, 0.717) is 38.3 Å². The lowest BCUT2D eigenvalue weighted by molar-refractivity contribution is -0.142. The van der Waals surface area contributed by atoms with Crippen molar-refractivity contribution in [1.29, 1.82) is 0 Å². The van der Waals surface area contributed by atoms with Crippen LogP contribution in [0, 0.1) is 0 Å². The quantitative estimate of drug-likeness (QED) is 0.438. The average molecular weight is 413 g/mol. The summed E-state index contributed by atoms with van der Waals surface area (Å²) in [5, 5.41) is 15.0. The maximum Gasteiger partial charge on any atom is 0.305 e. The summed E-state index contributed by atoms with van der Waals surface area (Å²) in [6, 6.07) is 7.32. The normalized spacial score (nSPS) is 15.3. The minimum Gasteiger partial charge on any atom is -0.481 e. The van der Waals surface area contributed by atoms with Crippen molar-refractivity contribution in [3.8, 4) is 0 Å². The van der Waals surface area contributed by atoms with E-state index in [1.165, 1.54) is 0 Å². The van der Waals surface area contributed by atoms with Gasteiger partial charge in [0, 0.05) is 37.9 Å². The zero-order valence-corrected chi connectivity index (χ0v) is 16.8. The molecule has 0 spiro atoms. The van der Waals surface area contributed by atoms with Crippen molar-refractivity contribution in [2.45, 2.75) is 44.7 Å². The van der Waals surface area contributed by atoms with Gasteiger partial charge >= 0.3 is 5.97 Å². The third kappa shape index (κ3) is 6.07. The molecular formula is C21H27N5O4. The molecule has 1 atom stereocenters. The first-order valence-corrected chi connectivity index (χ1v) is 10.1. The number of anilines is 1. The number of aliphatic carboxylic acids is 1. The third-order valence-electron chi connectivity index (χ3n) is 5.14. The second-order valence-corrected chi connectivity index (χ2v) is 7.34. The topological polar surface area (TPSA) is 127 Å². The Morgan fingerprint density at radius 2 is 2.00 bits per heavy atom. The number of carboxylic acid groups (broad SMARTS) is 1. The van der Waals surface area contributed by atoms with Gasteiger partial charge < -0.3 is 25.6 Å². The molecule has 1 aromatic carbocycles. The molecular weight excluding hydrogens is 386 g/mol. The van der Waals surface area contributed by atoms with Gasteiger partial charge in [0.25, 0.3) is 0 Å². The Labute approximate surface area is 174 Å². The largest absolute Gasteiger partial charge is 0.481 e. The van der Waals surface area contributed by atoms with Gasteiger partial charge in [-0.1, -0.05) is 24.3 Å². The van der Waals surface area contributed by atoms with E-state index in [4.69, 9.17) is 0 Å². The Bertz CT molecular complexity index is 868. The summed E-state index contributed by atoms with van der Waals surface area (Å²) in [5.74, 6) is -0.689. The van der Waals surface area contributed by atoms with Crippen LogP contribution in [0.15, 0.2) is 36.7 Å². The number of H-pyrrole nitrogens is 1. The lowest BCUT2D eigenvalue weighted by Crippen LogP contribution is -2.49. The molecule has 9 nitrogen and oxygen atoms in total. The number of carbonyl (C=O) groups excluding carboxylic acids is 2. The number of amides is 2. The number of rotatable bonds is 10. The molecule has 4 N–H and O–H groups in total. The summed E-state index contributed by atoms with van der Waals surface area (Å²) in [7, 11) is 0. The van der Waals surface area contributed by atoms with Gasteiger partial charge in [-0.2, -0.15) is 0 Å². The molecule has 160 valence electrons. The third-order valence-corrected chi connectivity index (χ3v) is 5.14. The fourth-order valence-electron chi connectivity index (χ4n) is 3.61. The van der Waals surface area contributed by atoms with E-state index in [-0.39, 0.29) is 24.8 Å². The van der Waals surface area contributed by atoms with Crippen molar-refractivity contribution in [1.82, 2.24) is 20.2 Å². The van der Waals surface area contributed by atoms with Crippen LogP contribution in [0.4, 0.5) is 5.95 Å². The maximum absolute atomic E-state index is 12.7. The lowest BCUT2D eigenvalue weighted by atomic mass is 9.92. The van der Waals surface area contributed by atoms with Crippen molar-refractivity contribution in [3.05, 3.63) is 47.8 Å². The SMILES string of the molecule is O=C(O)CC1Cc2ccccc2CN1C(=O)CNC(=O)CCCCNc1ncc[nH]1. The number of nitrogens with one attached hydrogen (secondary N) is 3. The molecule has 2 aromatic rings. The summed E-state index contributed by atoms with van der Waals surface area (Å²) in [6.07, 6.45) is 5.59. The average Bonchev–Trinajstić information content (AvgIpc) is 3.24. The number of benzene rings is 1. The number of aromatic nitrogens is 2. The van der Waals surface area contributed by atoms with E-state index in [1.54, 1.807) is 17.3 Å². The van der Waals surface area contributed by atoms with E-state index in [9.17, 15) is 19.5 Å². The van der Waals surface area contributed by atoms with Crippen molar-refractivity contribution < 1.29 is 19.5 Å². The summed E-state index contributed by atoms with van der Waals surface area (Å²) in [6.45, 7) is 0.937. The van der Waals surface area contributed by atoms with Crippen molar-refractivity contribution in [2.24, 2.45) is 0 Å². The molecule has 2 amide bonds. The molecule has 0 aliphatic carbocycles. The highest BCUT2D eigenvalue weighted by Gasteiger charge is 2.31. The van der Waals surface area contributed by atoms with E-state index in [0.717, 1.165) is 17.5 Å². The molecule has 3 rings (SSSR count). The zero-order chi connectivity index (χ0) is 21.3. The molecule has 9 heteroatoms. The molecule has 0 bridgehead atoms. The Morgan fingerprint density at radius 1 is 1.20 bits per heavy atom. The molecule has 0 saturated heterocycles. The standard InChI is InChI=1S/C21H27N5O4/c27-18(7-3-4-8-22-21-23-9-10-24-21)25-13-19(28)26-14-16-6-2-1-5-15(16)11-17(26)12-20(29)30/h1-2,5-6,9-10,17H,3-4,7-8,11-14H2,(H,25,27)(H,29,30)(H2,22,23,24). The molecule has 30 heavy (non-hydrogen) atoms. The highest BCUT2D eigenvalue weighted by molar-refractivity contribution is 5.85. The highest BCUT2D eigenvalue weighted by Crippen LogP contribution is 2.25. The number of hydrogen-bond acceptors (Lipinski definition) is 5. The minimum atomic E-state index is -0.940. The molecule has 1 unspecified atom stereocenters. The number of carboxylic acids is 1. The van der Waals surface area contributed by atoms with E-state index in [2.05, 4.69) is 20.6 Å². The number of imidazole rings is 1. The molecule has 2 heterocycles. The second-order valence-electron chi connectivity index (χ2n) is 7.34. The fourth-order valence-corrected chi connectivity index (χ4v) is 3.61. The number of hydrogen-bond donors (Lipinski definition) is 4. The first-order valence-electron chi connectivity index (χ1n) is 10.1. The molecule has 0 fully saturated rings. The Kier molecular flexibility index (Phi) is 7.42. The lowest BCUT2D eigenvalue weighted by Gasteiger charge is -2.36. The number of fused-ring (bicyclic) bond motifs is 1. The first-order chi connectivity index (χ1) is 14.5. The monoisotopic (exact) mass is 413 g/mol. The molecule has 0 radical (unpaired) electrons. The Morgan fingerprint density at radius 3 is 2.73 bits per heavy atom. The Hall–Kier alpha value is -3.36. The van der Waals surface area contributed by atoms with E-state index < -0.39 is 12.0 Å². The highest BCUT2D eigenvalue weighted by atomic mass is 16.4. The van der Waals surface area contributed by atoms with E-state index >= 15 is 0 Å². The van der Waals surface area contributed by atoms with Crippen LogP contribution in [0.3, 0.4) is 0 Å². The summed E-state index contributed by atoms with van der Waals surface area (Å²) in [4.78, 5) is 44.6. The summed E-state index contributed by atoms with van der Waals surface area (Å²) >= 11 is 0. The number of nitrogens with zero attached hydrogens (tertiary/aromatic N) is 2. The van der Waals surface area contributed by atoms with Gasteiger partial charge in [0.1, 0.15) is 0 Å². The van der Waals surface area contributed by atoms with Crippen LogP contribution in [0.5, 0.6) is 0 Å². The van der Waals surface area contributed by atoms with Crippen molar-refractivity contribution in [3.63, 3.8) is 0 Å². The second kappa shape index (κ2) is 10.4. The number of unbranched alkanes of at least 4 members (excludes halogenated alkanes) is 1. The van der Waals surface area contributed by atoms with Crippen LogP contribution in [0.1, 0.15) is 36.8 Å². The Balaban J connectivity index is 1.43. The predicted octanol–water partition coefficient (Wildman–Crippen LogP) is 1.54. The number of carbonyl (C=O) groups is 3. The van der Waals surface area contributed by atoms with Gasteiger partial charge in [0.15, 0.2) is 5.95 Å². The summed E-state index contributed by atoms with van der Waals surface area (Å²) < 4.78 is 0. The van der Waals surface area contributed by atoms with Crippen molar-refractivity contribution >= 4 is 23.7 Å². The van der Waals surface area contributed by atoms with Gasteiger partial charge in [-0.15, -0.1) is 0 Å². The van der Waals surface area contributed by atoms with Crippen LogP contribution < -0.4 is 10.6 Å². The molecule has 1 aromatic heterocycles. The van der Waals surface area contributed by atoms with Crippen molar-refractivity contribution in [2.75, 3.05) is 18.4 Å². The van der Waals surface area contributed by atoms with Crippen LogP contribution in [0.25, 0.3) is 0 Å². The minimum absolute atomic E-state index is 0.114. The maximum atomic E-state index is 12.7. The molecule has 1 aliphatic heterocycles. The van der Waals surface area contributed by atoms with E-state index in [1.807, 2.05) is 24.3 Å². The van der Waals surface area contributed by atoms with Crippen LogP contribution in [-0.4, -0.2) is 56.9 Å². The fraction of sp³-hybridized carbons (Fsp3) is 0.429. The molecule has 1 aliphatic rings. The van der Waals surface area contributed by atoms with Gasteiger partial charge in [-0.05, 0) is 30.4 Å². The first kappa shape index (κ1) is 21.4. The van der Waals surface area contributed by atoms with Crippen LogP contribution in [0.2, 0.25) is 0 Å². The number of aromatic amines is 1. The van der Waals surface area contributed by atoms with Gasteiger partial charge in [0.2, 0.25) is 11.8 Å². The summed E-state index contributed by atoms with van der Waals surface area (Å²) in [5.41, 5.74) is 2.09. The van der Waals surface area contributed by atoms with Crippen LogP contribution in [-0.2, 0) is 27.3 Å². The van der Waals surface area contributed by atoms with Gasteiger partial charge in [-0.3, -0.25) is 14.4 Å².